The number of benzene rings is 3. The number of ether oxygens (including phenoxy) is 1. The number of amides is 1. The van der Waals surface area contributed by atoms with E-state index in [-0.39, 0.29) is 18.1 Å². The average molecular weight is 592 g/mol. The first-order valence-electron chi connectivity index (χ1n) is 10.2. The van der Waals surface area contributed by atoms with Crippen LogP contribution in [0.4, 0.5) is 5.69 Å². The van der Waals surface area contributed by atoms with Crippen LogP contribution in [0.5, 0.6) is 5.75 Å². The molecule has 1 heterocycles. The zero-order valence-corrected chi connectivity index (χ0v) is 22.1. The summed E-state index contributed by atoms with van der Waals surface area (Å²) in [4.78, 5) is 30.5. The number of thioether (sulfide) groups is 1. The summed E-state index contributed by atoms with van der Waals surface area (Å²) in [5.74, 6) is -0.699. The highest BCUT2D eigenvalue weighted by molar-refractivity contribution is 9.10. The van der Waals surface area contributed by atoms with Crippen molar-refractivity contribution in [2.45, 2.75) is 6.61 Å². The maximum absolute atomic E-state index is 12.9. The normalized spacial score (nSPS) is 15.8. The summed E-state index contributed by atoms with van der Waals surface area (Å²) in [6, 6.07) is 16.9. The molecule has 3 aromatic rings. The number of aliphatic imine (C=N–C) groups is 1. The largest absolute Gasteiger partial charge is 0.488 e. The number of carbonyl (C=O) groups is 2. The van der Waals surface area contributed by atoms with Crippen molar-refractivity contribution in [1.29, 1.82) is 0 Å². The summed E-state index contributed by atoms with van der Waals surface area (Å²) in [6.45, 7) is 0.224. The van der Waals surface area contributed by atoms with Gasteiger partial charge in [0.15, 0.2) is 5.17 Å². The van der Waals surface area contributed by atoms with Gasteiger partial charge < -0.3 is 9.84 Å². The van der Waals surface area contributed by atoms with E-state index in [2.05, 4.69) is 20.9 Å². The zero-order chi connectivity index (χ0) is 25.1. The Bertz CT molecular complexity index is 1390. The minimum Gasteiger partial charge on any atom is -0.488 e. The van der Waals surface area contributed by atoms with Gasteiger partial charge in [-0.25, -0.2) is 9.79 Å². The van der Waals surface area contributed by atoms with Gasteiger partial charge in [0.25, 0.3) is 5.91 Å². The molecule has 0 aromatic heterocycles. The van der Waals surface area contributed by atoms with Gasteiger partial charge in [-0.3, -0.25) is 9.69 Å². The number of rotatable bonds is 6. The highest BCUT2D eigenvalue weighted by Gasteiger charge is 2.30. The molecule has 178 valence electrons. The molecule has 0 saturated carbocycles. The van der Waals surface area contributed by atoms with E-state index in [9.17, 15) is 14.7 Å². The Morgan fingerprint density at radius 3 is 2.71 bits per heavy atom. The monoisotopic (exact) mass is 590 g/mol. The van der Waals surface area contributed by atoms with Crippen molar-refractivity contribution in [3.8, 4) is 5.75 Å². The minimum absolute atomic E-state index is 0.122. The Morgan fingerprint density at radius 2 is 1.97 bits per heavy atom. The predicted octanol–water partition coefficient (Wildman–Crippen LogP) is 7.27. The van der Waals surface area contributed by atoms with Crippen LogP contribution in [0.25, 0.3) is 6.08 Å². The number of aromatic carboxylic acids is 1. The topological polar surface area (TPSA) is 79.2 Å². The van der Waals surface area contributed by atoms with Gasteiger partial charge in [0.05, 0.1) is 16.2 Å². The Kier molecular flexibility index (Phi) is 7.86. The number of carboxylic acids is 1. The Morgan fingerprint density at radius 1 is 1.17 bits per heavy atom. The molecular formula is C25H17BrCl2N2O4S. The number of halogens is 3. The number of amidine groups is 1. The summed E-state index contributed by atoms with van der Waals surface area (Å²) in [6.07, 6.45) is 1.74. The molecule has 1 N–H and O–H groups in total. The summed E-state index contributed by atoms with van der Waals surface area (Å²) in [5, 5.41) is 10.7. The van der Waals surface area contributed by atoms with Gasteiger partial charge in [-0.1, -0.05) is 51.3 Å². The lowest BCUT2D eigenvalue weighted by Crippen LogP contribution is -2.23. The molecule has 0 atom stereocenters. The van der Waals surface area contributed by atoms with Gasteiger partial charge in [0.1, 0.15) is 12.4 Å². The first-order valence-corrected chi connectivity index (χ1v) is 12.5. The van der Waals surface area contributed by atoms with Gasteiger partial charge in [-0.2, -0.15) is 0 Å². The van der Waals surface area contributed by atoms with Crippen LogP contribution in [0.3, 0.4) is 0 Å². The lowest BCUT2D eigenvalue weighted by molar-refractivity contribution is -0.121. The fraction of sp³-hybridized carbons (Fsp3) is 0.0800. The van der Waals surface area contributed by atoms with Crippen molar-refractivity contribution in [2.24, 2.45) is 4.99 Å². The highest BCUT2D eigenvalue weighted by atomic mass is 79.9. The van der Waals surface area contributed by atoms with E-state index in [1.165, 1.54) is 28.8 Å². The molecule has 1 aliphatic rings. The Balaban J connectivity index is 1.60. The quantitative estimate of drug-likeness (QED) is 0.305. The van der Waals surface area contributed by atoms with E-state index in [1.807, 2.05) is 12.1 Å². The van der Waals surface area contributed by atoms with Crippen molar-refractivity contribution < 1.29 is 19.4 Å². The molecule has 0 spiro atoms. The third-order valence-electron chi connectivity index (χ3n) is 4.98. The van der Waals surface area contributed by atoms with E-state index in [4.69, 9.17) is 27.9 Å². The van der Waals surface area contributed by atoms with Crippen LogP contribution in [-0.2, 0) is 11.4 Å². The maximum Gasteiger partial charge on any atom is 0.335 e. The van der Waals surface area contributed by atoms with Crippen LogP contribution in [0.15, 0.2) is 75.0 Å². The summed E-state index contributed by atoms with van der Waals surface area (Å²) in [5.41, 5.74) is 2.04. The minimum atomic E-state index is -1.04. The van der Waals surface area contributed by atoms with Crippen LogP contribution < -0.4 is 4.74 Å². The van der Waals surface area contributed by atoms with Crippen LogP contribution in [0.2, 0.25) is 10.0 Å². The summed E-state index contributed by atoms with van der Waals surface area (Å²) < 4.78 is 6.84. The van der Waals surface area contributed by atoms with E-state index < -0.39 is 5.97 Å². The standard InChI is InChI=1S/C25H17BrCl2N2O4S/c1-30-23(31)22(35-25(30)29-19-4-2-3-14(10-19)24(32)33)11-16-9-17(26)6-8-21(16)34-13-15-5-7-18(27)12-20(15)28/h2-12H,13H2,1H3,(H,32,33)/b22-11-,29-25?. The number of carbonyl (C=O) groups excluding carboxylic acids is 1. The summed E-state index contributed by atoms with van der Waals surface area (Å²) in [7, 11) is 1.62. The lowest BCUT2D eigenvalue weighted by Gasteiger charge is -2.11. The molecule has 1 amide bonds. The molecule has 10 heteroatoms. The van der Waals surface area contributed by atoms with Gasteiger partial charge in [-0.15, -0.1) is 0 Å². The molecule has 0 bridgehead atoms. The fourth-order valence-corrected chi connectivity index (χ4v) is 4.99. The average Bonchev–Trinajstić information content (AvgIpc) is 3.07. The number of nitrogens with zero attached hydrogens (tertiary/aromatic N) is 2. The molecule has 6 nitrogen and oxygen atoms in total. The molecule has 1 fully saturated rings. The molecule has 0 aliphatic carbocycles. The fourth-order valence-electron chi connectivity index (χ4n) is 3.17. The predicted molar refractivity (Wildman–Crippen MR) is 144 cm³/mol. The third kappa shape index (κ3) is 6.08. The third-order valence-corrected chi connectivity index (χ3v) is 7.12. The SMILES string of the molecule is CN1C(=O)/C(=C/c2cc(Br)ccc2OCc2ccc(Cl)cc2Cl)SC1=Nc1cccc(C(=O)O)c1. The van der Waals surface area contributed by atoms with Crippen molar-refractivity contribution in [2.75, 3.05) is 7.05 Å². The second kappa shape index (κ2) is 10.9. The lowest BCUT2D eigenvalue weighted by atomic mass is 10.1. The van der Waals surface area contributed by atoms with E-state index >= 15 is 0 Å². The van der Waals surface area contributed by atoms with Crippen LogP contribution in [0.1, 0.15) is 21.5 Å². The second-order valence-corrected chi connectivity index (χ2v) is 10.2. The number of likely N-dealkylation sites (N-methyl/N-ethyl adjacent to an activating group) is 1. The molecular weight excluding hydrogens is 575 g/mol. The van der Waals surface area contributed by atoms with Crippen molar-refractivity contribution in [3.63, 3.8) is 0 Å². The molecule has 0 radical (unpaired) electrons. The van der Waals surface area contributed by atoms with Crippen molar-refractivity contribution in [3.05, 3.63) is 96.8 Å². The zero-order valence-electron chi connectivity index (χ0n) is 18.2. The van der Waals surface area contributed by atoms with Crippen molar-refractivity contribution >= 4 is 79.7 Å². The van der Waals surface area contributed by atoms with Gasteiger partial charge >= 0.3 is 5.97 Å². The molecule has 1 aliphatic heterocycles. The number of carboxylic acid groups (broad SMARTS) is 1. The molecule has 3 aromatic carbocycles. The second-order valence-electron chi connectivity index (χ2n) is 7.43. The molecule has 1 saturated heterocycles. The first kappa shape index (κ1) is 25.3. The maximum atomic E-state index is 12.9. The number of hydrogen-bond donors (Lipinski definition) is 1. The van der Waals surface area contributed by atoms with E-state index in [1.54, 1.807) is 49.5 Å². The Labute approximate surface area is 224 Å². The van der Waals surface area contributed by atoms with Crippen LogP contribution in [0, 0.1) is 0 Å². The van der Waals surface area contributed by atoms with Gasteiger partial charge in [0.2, 0.25) is 0 Å². The van der Waals surface area contributed by atoms with Crippen LogP contribution in [-0.4, -0.2) is 34.1 Å². The summed E-state index contributed by atoms with van der Waals surface area (Å²) >= 11 is 16.9. The van der Waals surface area contributed by atoms with Crippen LogP contribution >= 0.6 is 50.9 Å². The van der Waals surface area contributed by atoms with E-state index in [0.717, 1.165) is 10.0 Å². The Hall–Kier alpha value is -2.78. The molecule has 0 unspecified atom stereocenters. The molecule has 35 heavy (non-hydrogen) atoms. The highest BCUT2D eigenvalue weighted by Crippen LogP contribution is 2.36. The smallest absolute Gasteiger partial charge is 0.335 e. The van der Waals surface area contributed by atoms with Gasteiger partial charge in [0, 0.05) is 32.7 Å². The molecule has 4 rings (SSSR count). The van der Waals surface area contributed by atoms with E-state index in [0.29, 0.717) is 37.1 Å². The number of hydrogen-bond acceptors (Lipinski definition) is 5. The van der Waals surface area contributed by atoms with Gasteiger partial charge in [-0.05, 0) is 66.4 Å². The van der Waals surface area contributed by atoms with Crippen molar-refractivity contribution in [1.82, 2.24) is 4.90 Å². The first-order chi connectivity index (χ1) is 16.7.